The van der Waals surface area contributed by atoms with Gasteiger partial charge in [-0.25, -0.2) is 0 Å². The second kappa shape index (κ2) is 7.93. The number of ether oxygens (including phenoxy) is 1. The van der Waals surface area contributed by atoms with E-state index in [4.69, 9.17) is 13.7 Å². The van der Waals surface area contributed by atoms with Crippen molar-refractivity contribution in [1.29, 1.82) is 0 Å². The van der Waals surface area contributed by atoms with E-state index in [9.17, 15) is 0 Å². The van der Waals surface area contributed by atoms with E-state index in [-0.39, 0.29) is 6.04 Å². The fourth-order valence-electron chi connectivity index (χ4n) is 4.03. The maximum absolute atomic E-state index is 5.91. The number of methoxy groups -OCH3 is 1. The van der Waals surface area contributed by atoms with Gasteiger partial charge in [0.1, 0.15) is 17.1 Å². The molecule has 2 aromatic carbocycles. The minimum absolute atomic E-state index is 0.0951. The second-order valence-corrected chi connectivity index (χ2v) is 7.70. The van der Waals surface area contributed by atoms with Crippen molar-refractivity contribution >= 4 is 11.0 Å². The van der Waals surface area contributed by atoms with Crippen LogP contribution < -0.4 is 10.1 Å². The molecule has 0 saturated carbocycles. The smallest absolute Gasteiger partial charge is 0.244 e. The number of nitrogens with one attached hydrogen (secondary N) is 1. The summed E-state index contributed by atoms with van der Waals surface area (Å²) in [6, 6.07) is 18.2. The number of furan rings is 1. The molecule has 0 spiro atoms. The highest BCUT2D eigenvalue weighted by Gasteiger charge is 2.34. The molecule has 7 nitrogen and oxygen atoms in total. The van der Waals surface area contributed by atoms with Crippen molar-refractivity contribution in [1.82, 2.24) is 20.4 Å². The van der Waals surface area contributed by atoms with Crippen molar-refractivity contribution < 1.29 is 13.7 Å². The lowest BCUT2D eigenvalue weighted by molar-refractivity contribution is 0.244. The molecule has 30 heavy (non-hydrogen) atoms. The van der Waals surface area contributed by atoms with E-state index in [1.807, 2.05) is 42.5 Å². The van der Waals surface area contributed by atoms with E-state index in [1.165, 1.54) is 0 Å². The predicted octanol–water partition coefficient (Wildman–Crippen LogP) is 4.03. The van der Waals surface area contributed by atoms with Crippen LogP contribution >= 0.6 is 0 Å². The van der Waals surface area contributed by atoms with E-state index < -0.39 is 0 Å². The van der Waals surface area contributed by atoms with Gasteiger partial charge in [0, 0.05) is 23.5 Å². The summed E-state index contributed by atoms with van der Waals surface area (Å²) in [5, 5.41) is 8.91. The Morgan fingerprint density at radius 3 is 2.80 bits per heavy atom. The lowest BCUT2D eigenvalue weighted by Crippen LogP contribution is -2.30. The third-order valence-corrected chi connectivity index (χ3v) is 5.66. The first-order chi connectivity index (χ1) is 14.7. The maximum Gasteiger partial charge on any atom is 0.244 e. The number of likely N-dealkylation sites (tertiary alicyclic amines) is 1. The molecule has 1 fully saturated rings. The number of rotatable bonds is 6. The summed E-state index contributed by atoms with van der Waals surface area (Å²) >= 11 is 0. The number of fused-ring (bicyclic) bond motifs is 1. The molecule has 1 saturated heterocycles. The number of para-hydroxylation sites is 1. The van der Waals surface area contributed by atoms with Gasteiger partial charge in [-0.05, 0) is 49.9 Å². The molecule has 1 aliphatic rings. The fraction of sp³-hybridized carbons (Fsp3) is 0.304. The average molecular weight is 404 g/mol. The minimum Gasteiger partial charge on any atom is -0.497 e. The van der Waals surface area contributed by atoms with Gasteiger partial charge in [0.05, 0.1) is 19.7 Å². The van der Waals surface area contributed by atoms with Crippen molar-refractivity contribution in [2.24, 2.45) is 0 Å². The monoisotopic (exact) mass is 404 g/mol. The zero-order valence-electron chi connectivity index (χ0n) is 17.0. The quantitative estimate of drug-likeness (QED) is 0.520. The fourth-order valence-corrected chi connectivity index (χ4v) is 4.03. The van der Waals surface area contributed by atoms with Gasteiger partial charge in [-0.2, -0.15) is 4.98 Å². The lowest BCUT2D eigenvalue weighted by atomic mass is 10.1. The number of aromatic nitrogens is 2. The van der Waals surface area contributed by atoms with Crippen LogP contribution in [0.15, 0.2) is 63.5 Å². The van der Waals surface area contributed by atoms with Crippen molar-refractivity contribution in [3.8, 4) is 17.1 Å². The van der Waals surface area contributed by atoms with Gasteiger partial charge in [0.25, 0.3) is 0 Å². The molecule has 2 unspecified atom stereocenters. The lowest BCUT2D eigenvalue weighted by Gasteiger charge is -2.14. The molecule has 0 amide bonds. The molecule has 0 aliphatic carbocycles. The molecule has 3 heterocycles. The van der Waals surface area contributed by atoms with Crippen LogP contribution in [0.25, 0.3) is 22.4 Å². The highest BCUT2D eigenvalue weighted by molar-refractivity contribution is 5.77. The Bertz CT molecular complexity index is 1100. The van der Waals surface area contributed by atoms with Crippen molar-refractivity contribution in [3.63, 3.8) is 0 Å². The van der Waals surface area contributed by atoms with Crippen LogP contribution in [0.3, 0.4) is 0 Å². The highest BCUT2D eigenvalue weighted by atomic mass is 16.5. The topological polar surface area (TPSA) is 76.6 Å². The van der Waals surface area contributed by atoms with E-state index in [0.717, 1.165) is 41.0 Å². The van der Waals surface area contributed by atoms with Crippen molar-refractivity contribution in [3.05, 3.63) is 66.2 Å². The summed E-state index contributed by atoms with van der Waals surface area (Å²) < 4.78 is 16.7. The Labute approximate surface area is 174 Å². The number of benzene rings is 2. The third kappa shape index (κ3) is 3.69. The van der Waals surface area contributed by atoms with Gasteiger partial charge < -0.3 is 19.0 Å². The summed E-state index contributed by atoms with van der Waals surface area (Å²) in [6.07, 6.45) is 0.904. The van der Waals surface area contributed by atoms with Crippen LogP contribution in [-0.4, -0.2) is 41.8 Å². The minimum atomic E-state index is 0.0951. The summed E-state index contributed by atoms with van der Waals surface area (Å²) in [6.45, 7) is 1.60. The average Bonchev–Trinajstić information content (AvgIpc) is 3.50. The van der Waals surface area contributed by atoms with Crippen LogP contribution in [0, 0.1) is 0 Å². The largest absolute Gasteiger partial charge is 0.497 e. The molecule has 7 heteroatoms. The molecular weight excluding hydrogens is 380 g/mol. The molecular formula is C23H24N4O3. The van der Waals surface area contributed by atoms with Crippen LogP contribution in [-0.2, 0) is 6.54 Å². The maximum atomic E-state index is 5.91. The molecule has 154 valence electrons. The Morgan fingerprint density at radius 2 is 2.00 bits per heavy atom. The van der Waals surface area contributed by atoms with Gasteiger partial charge in [-0.15, -0.1) is 0 Å². The van der Waals surface area contributed by atoms with Gasteiger partial charge in [-0.3, -0.25) is 4.90 Å². The van der Waals surface area contributed by atoms with Gasteiger partial charge in [0.15, 0.2) is 0 Å². The number of nitrogens with zero attached hydrogens (tertiary/aromatic N) is 3. The predicted molar refractivity (Wildman–Crippen MR) is 113 cm³/mol. The van der Waals surface area contributed by atoms with Crippen LogP contribution in [0.2, 0.25) is 0 Å². The molecule has 0 radical (unpaired) electrons. The molecule has 4 aromatic rings. The normalized spacial score (nSPS) is 19.5. The zero-order chi connectivity index (χ0) is 20.5. The molecule has 1 aliphatic heterocycles. The Kier molecular flexibility index (Phi) is 4.98. The molecule has 5 rings (SSSR count). The van der Waals surface area contributed by atoms with E-state index in [0.29, 0.717) is 24.3 Å². The first-order valence-electron chi connectivity index (χ1n) is 10.1. The molecule has 2 atom stereocenters. The molecule has 1 N–H and O–H groups in total. The standard InChI is InChI=1S/C23H24N4O3/c1-27-14-17(24-13-19-11-16-5-3-4-6-21(16)29-19)12-20(27)23-25-22(26-30-23)15-7-9-18(28-2)10-8-15/h3-11,17,20,24H,12-14H2,1-2H3. The van der Waals surface area contributed by atoms with Crippen molar-refractivity contribution in [2.75, 3.05) is 20.7 Å². The first-order valence-corrected chi connectivity index (χ1v) is 10.1. The highest BCUT2D eigenvalue weighted by Crippen LogP contribution is 2.31. The Morgan fingerprint density at radius 1 is 1.17 bits per heavy atom. The first kappa shape index (κ1) is 18.8. The molecule has 0 bridgehead atoms. The SMILES string of the molecule is COc1ccc(-c2noc(C3CC(NCc4cc5ccccc5o4)CN3C)n2)cc1. The van der Waals surface area contributed by atoms with Crippen LogP contribution in [0.1, 0.15) is 24.1 Å². The van der Waals surface area contributed by atoms with E-state index in [1.54, 1.807) is 7.11 Å². The Balaban J connectivity index is 1.23. The zero-order valence-corrected chi connectivity index (χ0v) is 17.0. The van der Waals surface area contributed by atoms with Gasteiger partial charge in [-0.1, -0.05) is 23.4 Å². The van der Waals surface area contributed by atoms with E-state index in [2.05, 4.69) is 39.5 Å². The number of hydrogen-bond donors (Lipinski definition) is 1. The second-order valence-electron chi connectivity index (χ2n) is 7.70. The van der Waals surface area contributed by atoms with E-state index >= 15 is 0 Å². The number of likely N-dealkylation sites (N-methyl/N-ethyl adjacent to an activating group) is 1. The Hall–Kier alpha value is -3.16. The summed E-state index contributed by atoms with van der Waals surface area (Å²) in [5.74, 6) is 2.99. The van der Waals surface area contributed by atoms with Gasteiger partial charge >= 0.3 is 0 Å². The number of hydrogen-bond acceptors (Lipinski definition) is 7. The molecule has 2 aromatic heterocycles. The summed E-state index contributed by atoms with van der Waals surface area (Å²) in [5.41, 5.74) is 1.83. The van der Waals surface area contributed by atoms with Crippen LogP contribution in [0.4, 0.5) is 0 Å². The summed E-state index contributed by atoms with van der Waals surface area (Å²) in [4.78, 5) is 6.90. The third-order valence-electron chi connectivity index (χ3n) is 5.66. The van der Waals surface area contributed by atoms with Crippen molar-refractivity contribution in [2.45, 2.75) is 25.0 Å². The summed E-state index contributed by atoms with van der Waals surface area (Å²) in [7, 11) is 3.74. The van der Waals surface area contributed by atoms with Crippen LogP contribution in [0.5, 0.6) is 5.75 Å². The van der Waals surface area contributed by atoms with Gasteiger partial charge in [0.2, 0.25) is 11.7 Å².